The van der Waals surface area contributed by atoms with Crippen molar-refractivity contribution in [3.05, 3.63) is 42.0 Å². The van der Waals surface area contributed by atoms with Gasteiger partial charge in [-0.1, -0.05) is 24.3 Å². The van der Waals surface area contributed by atoms with Crippen molar-refractivity contribution in [1.82, 2.24) is 4.72 Å². The lowest BCUT2D eigenvalue weighted by atomic mass is 10.2. The number of nitrogens with one attached hydrogen (secondary N) is 1. The molecule has 0 bridgehead atoms. The van der Waals surface area contributed by atoms with Gasteiger partial charge in [-0.3, -0.25) is 0 Å². The fraction of sp³-hybridized carbons (Fsp3) is 0.273. The van der Waals surface area contributed by atoms with E-state index in [1.807, 2.05) is 0 Å². The first-order valence-electron chi connectivity index (χ1n) is 4.85. The van der Waals surface area contributed by atoms with E-state index in [-0.39, 0.29) is 12.3 Å². The Bertz CT molecular complexity index is 481. The van der Waals surface area contributed by atoms with Crippen LogP contribution in [-0.4, -0.2) is 15.0 Å². The largest absolute Gasteiger partial charge is 0.399 e. The molecule has 0 aliphatic heterocycles. The molecule has 0 fully saturated rings. The minimum Gasteiger partial charge on any atom is -0.399 e. The second-order valence-corrected chi connectivity index (χ2v) is 5.59. The molecule has 88 valence electrons. The van der Waals surface area contributed by atoms with E-state index in [1.165, 1.54) is 0 Å². The van der Waals surface area contributed by atoms with Crippen LogP contribution in [0.25, 0.3) is 0 Å². The minimum absolute atomic E-state index is 0.0642. The van der Waals surface area contributed by atoms with Crippen LogP contribution in [0.3, 0.4) is 0 Å². The monoisotopic (exact) mass is 240 g/mol. The van der Waals surface area contributed by atoms with Crippen molar-refractivity contribution < 1.29 is 8.42 Å². The summed E-state index contributed by atoms with van der Waals surface area (Å²) in [6, 6.07) is 6.84. The molecule has 5 heteroatoms. The van der Waals surface area contributed by atoms with Gasteiger partial charge in [0.2, 0.25) is 10.0 Å². The van der Waals surface area contributed by atoms with E-state index >= 15 is 0 Å². The quantitative estimate of drug-likeness (QED) is 0.601. The fourth-order valence-electron chi connectivity index (χ4n) is 1.19. The maximum Gasteiger partial charge on any atom is 0.216 e. The molecule has 0 aromatic heterocycles. The van der Waals surface area contributed by atoms with E-state index in [9.17, 15) is 8.42 Å². The molecular formula is C11H16N2O2S. The molecule has 1 aromatic rings. The van der Waals surface area contributed by atoms with Crippen LogP contribution in [0.5, 0.6) is 0 Å². The van der Waals surface area contributed by atoms with E-state index in [0.29, 0.717) is 11.3 Å². The molecule has 16 heavy (non-hydrogen) atoms. The molecule has 0 saturated heterocycles. The normalized spacial score (nSPS) is 11.3. The van der Waals surface area contributed by atoms with Crippen molar-refractivity contribution >= 4 is 15.7 Å². The van der Waals surface area contributed by atoms with Gasteiger partial charge >= 0.3 is 0 Å². The first kappa shape index (κ1) is 12.7. The highest BCUT2D eigenvalue weighted by Crippen LogP contribution is 2.09. The van der Waals surface area contributed by atoms with Crippen molar-refractivity contribution in [3.63, 3.8) is 0 Å². The molecule has 0 radical (unpaired) electrons. The third-order valence-corrected chi connectivity index (χ3v) is 3.20. The number of nitrogens with two attached hydrogens (primary N) is 1. The van der Waals surface area contributed by atoms with Gasteiger partial charge in [-0.25, -0.2) is 13.1 Å². The van der Waals surface area contributed by atoms with Crippen molar-refractivity contribution in [3.8, 4) is 0 Å². The van der Waals surface area contributed by atoms with Crippen molar-refractivity contribution in [2.75, 3.05) is 12.3 Å². The van der Waals surface area contributed by atoms with E-state index in [4.69, 9.17) is 5.73 Å². The average molecular weight is 240 g/mol. The Morgan fingerprint density at radius 3 is 2.75 bits per heavy atom. The van der Waals surface area contributed by atoms with Crippen LogP contribution in [0.2, 0.25) is 0 Å². The van der Waals surface area contributed by atoms with Gasteiger partial charge in [-0.05, 0) is 24.6 Å². The van der Waals surface area contributed by atoms with Gasteiger partial charge in [-0.2, -0.15) is 0 Å². The Labute approximate surface area is 96.2 Å². The van der Waals surface area contributed by atoms with E-state index in [2.05, 4.69) is 11.3 Å². The van der Waals surface area contributed by atoms with Crippen LogP contribution < -0.4 is 10.5 Å². The lowest BCUT2D eigenvalue weighted by Crippen LogP contribution is -2.26. The lowest BCUT2D eigenvalue weighted by Gasteiger charge is -2.06. The van der Waals surface area contributed by atoms with Gasteiger partial charge in [0.1, 0.15) is 0 Å². The molecule has 0 spiro atoms. The van der Waals surface area contributed by atoms with Crippen LogP contribution in [0.15, 0.2) is 36.4 Å². The molecule has 1 rings (SSSR count). The second kappa shape index (κ2) is 5.14. The predicted molar refractivity (Wildman–Crippen MR) is 66.3 cm³/mol. The summed E-state index contributed by atoms with van der Waals surface area (Å²) in [6.45, 7) is 5.67. The Hall–Kier alpha value is -1.33. The highest BCUT2D eigenvalue weighted by atomic mass is 32.2. The molecule has 0 unspecified atom stereocenters. The number of nitrogen functional groups attached to an aromatic ring is 1. The minimum atomic E-state index is -3.31. The summed E-state index contributed by atoms with van der Waals surface area (Å²) in [5.41, 5.74) is 7.58. The third kappa shape index (κ3) is 4.46. The molecule has 1 aromatic carbocycles. The smallest absolute Gasteiger partial charge is 0.216 e. The summed E-state index contributed by atoms with van der Waals surface area (Å²) >= 11 is 0. The molecule has 0 aliphatic rings. The zero-order valence-electron chi connectivity index (χ0n) is 9.23. The van der Waals surface area contributed by atoms with Crippen molar-refractivity contribution in [1.29, 1.82) is 0 Å². The van der Waals surface area contributed by atoms with E-state index in [0.717, 1.165) is 5.57 Å². The Morgan fingerprint density at radius 1 is 1.50 bits per heavy atom. The van der Waals surface area contributed by atoms with Crippen LogP contribution in [0.1, 0.15) is 12.5 Å². The van der Waals surface area contributed by atoms with Crippen LogP contribution in [0.4, 0.5) is 5.69 Å². The molecule has 4 nitrogen and oxygen atoms in total. The highest BCUT2D eigenvalue weighted by Gasteiger charge is 2.10. The maximum absolute atomic E-state index is 11.6. The van der Waals surface area contributed by atoms with Crippen molar-refractivity contribution in [2.45, 2.75) is 12.7 Å². The SMILES string of the molecule is C=C(C)CNS(=O)(=O)Cc1cccc(N)c1. The average Bonchev–Trinajstić information content (AvgIpc) is 2.14. The van der Waals surface area contributed by atoms with Gasteiger partial charge in [0.05, 0.1) is 5.75 Å². The Kier molecular flexibility index (Phi) is 4.09. The Balaban J connectivity index is 2.69. The summed E-state index contributed by atoms with van der Waals surface area (Å²) in [5, 5.41) is 0. The molecule has 0 aliphatic carbocycles. The standard InChI is InChI=1S/C11H16N2O2S/c1-9(2)7-13-16(14,15)8-10-4-3-5-11(12)6-10/h3-6,13H,1,7-8,12H2,2H3. The molecule has 3 N–H and O–H groups in total. The van der Waals surface area contributed by atoms with E-state index < -0.39 is 10.0 Å². The molecular weight excluding hydrogens is 224 g/mol. The predicted octanol–water partition coefficient (Wildman–Crippen LogP) is 1.26. The fourth-order valence-corrected chi connectivity index (χ4v) is 2.37. The van der Waals surface area contributed by atoms with E-state index in [1.54, 1.807) is 31.2 Å². The number of rotatable bonds is 5. The Morgan fingerprint density at radius 2 is 2.19 bits per heavy atom. The zero-order valence-corrected chi connectivity index (χ0v) is 10.0. The van der Waals surface area contributed by atoms with Crippen LogP contribution in [-0.2, 0) is 15.8 Å². The number of hydrogen-bond acceptors (Lipinski definition) is 3. The van der Waals surface area contributed by atoms with Gasteiger partial charge in [0.25, 0.3) is 0 Å². The first-order valence-corrected chi connectivity index (χ1v) is 6.50. The highest BCUT2D eigenvalue weighted by molar-refractivity contribution is 7.88. The second-order valence-electron chi connectivity index (χ2n) is 3.78. The third-order valence-electron chi connectivity index (χ3n) is 1.90. The number of sulfonamides is 1. The topological polar surface area (TPSA) is 72.2 Å². The lowest BCUT2D eigenvalue weighted by molar-refractivity contribution is 0.584. The maximum atomic E-state index is 11.6. The van der Waals surface area contributed by atoms with Crippen molar-refractivity contribution in [2.24, 2.45) is 0 Å². The van der Waals surface area contributed by atoms with Gasteiger partial charge in [0, 0.05) is 12.2 Å². The van der Waals surface area contributed by atoms with Gasteiger partial charge in [-0.15, -0.1) is 0 Å². The zero-order chi connectivity index (χ0) is 12.2. The van der Waals surface area contributed by atoms with Gasteiger partial charge < -0.3 is 5.73 Å². The number of anilines is 1. The number of benzene rings is 1. The molecule has 0 heterocycles. The first-order chi connectivity index (χ1) is 7.39. The van der Waals surface area contributed by atoms with Gasteiger partial charge in [0.15, 0.2) is 0 Å². The molecule has 0 atom stereocenters. The summed E-state index contributed by atoms with van der Waals surface area (Å²) in [7, 11) is -3.31. The summed E-state index contributed by atoms with van der Waals surface area (Å²) < 4.78 is 25.7. The number of hydrogen-bond donors (Lipinski definition) is 2. The van der Waals surface area contributed by atoms with Crippen LogP contribution in [0, 0.1) is 0 Å². The summed E-state index contributed by atoms with van der Waals surface area (Å²) in [5.74, 6) is -0.0642. The molecule has 0 amide bonds. The summed E-state index contributed by atoms with van der Waals surface area (Å²) in [4.78, 5) is 0. The van der Waals surface area contributed by atoms with Crippen LogP contribution >= 0.6 is 0 Å². The molecule has 0 saturated carbocycles. The summed E-state index contributed by atoms with van der Waals surface area (Å²) in [6.07, 6.45) is 0.